The van der Waals surface area contributed by atoms with E-state index in [4.69, 9.17) is 13.9 Å². The van der Waals surface area contributed by atoms with Crippen LogP contribution in [0, 0.1) is 0 Å². The first-order valence-electron chi connectivity index (χ1n) is 9.77. The molecule has 3 aromatic rings. The van der Waals surface area contributed by atoms with Gasteiger partial charge in [0.25, 0.3) is 5.91 Å². The Morgan fingerprint density at radius 2 is 2.07 bits per heavy atom. The fourth-order valence-corrected chi connectivity index (χ4v) is 4.98. The van der Waals surface area contributed by atoms with Crippen molar-refractivity contribution >= 4 is 34.7 Å². The van der Waals surface area contributed by atoms with E-state index >= 15 is 0 Å². The van der Waals surface area contributed by atoms with Gasteiger partial charge in [0.05, 0.1) is 35.8 Å². The molecule has 5 rings (SSSR count). The third-order valence-electron chi connectivity index (χ3n) is 4.92. The summed E-state index contributed by atoms with van der Waals surface area (Å²) in [5.41, 5.74) is 0.917. The summed E-state index contributed by atoms with van der Waals surface area (Å²) in [5.74, 6) is 2.46. The molecule has 30 heavy (non-hydrogen) atoms. The van der Waals surface area contributed by atoms with E-state index < -0.39 is 0 Å². The van der Waals surface area contributed by atoms with Crippen molar-refractivity contribution in [3.63, 3.8) is 0 Å². The van der Waals surface area contributed by atoms with Crippen molar-refractivity contribution in [1.82, 2.24) is 5.01 Å². The van der Waals surface area contributed by atoms with Gasteiger partial charge in [0.1, 0.15) is 11.8 Å². The van der Waals surface area contributed by atoms with Gasteiger partial charge in [-0.05, 0) is 41.8 Å². The highest BCUT2D eigenvalue weighted by atomic mass is 32.2. The standard InChI is InChI=1S/C22H20N2O4S2/c25-22(14-30-15-6-7-19-20(12-15)28-10-3-9-27-19)24-17(18-4-1-8-26-18)13-16(23-24)21-5-2-11-29-21/h1-2,4-8,11-12,17H,3,9-10,13-14H2. The summed E-state index contributed by atoms with van der Waals surface area (Å²) in [4.78, 5) is 15.1. The molecule has 2 aliphatic heterocycles. The molecule has 2 aromatic heterocycles. The fraction of sp³-hybridized carbons (Fsp3) is 0.273. The predicted molar refractivity (Wildman–Crippen MR) is 117 cm³/mol. The molecule has 0 N–H and O–H groups in total. The molecule has 4 heterocycles. The fourth-order valence-electron chi connectivity index (χ4n) is 3.48. The third-order valence-corrected chi connectivity index (χ3v) is 6.82. The Labute approximate surface area is 182 Å². The van der Waals surface area contributed by atoms with Gasteiger partial charge in [0.2, 0.25) is 0 Å². The summed E-state index contributed by atoms with van der Waals surface area (Å²) in [6.45, 7) is 1.30. The Bertz CT molecular complexity index is 1050. The Morgan fingerprint density at radius 3 is 2.87 bits per heavy atom. The lowest BCUT2D eigenvalue weighted by molar-refractivity contribution is -0.130. The second-order valence-corrected chi connectivity index (χ2v) is 8.94. The number of furan rings is 1. The summed E-state index contributed by atoms with van der Waals surface area (Å²) in [7, 11) is 0. The molecule has 2 aliphatic rings. The highest BCUT2D eigenvalue weighted by Crippen LogP contribution is 2.36. The lowest BCUT2D eigenvalue weighted by Gasteiger charge is -2.19. The molecule has 6 nitrogen and oxygen atoms in total. The number of thioether (sulfide) groups is 1. The lowest BCUT2D eigenvalue weighted by atomic mass is 10.1. The number of amides is 1. The maximum Gasteiger partial charge on any atom is 0.253 e. The summed E-state index contributed by atoms with van der Waals surface area (Å²) >= 11 is 3.10. The van der Waals surface area contributed by atoms with Crippen LogP contribution in [-0.4, -0.2) is 35.6 Å². The van der Waals surface area contributed by atoms with Gasteiger partial charge < -0.3 is 13.9 Å². The maximum absolute atomic E-state index is 13.1. The van der Waals surface area contributed by atoms with Crippen LogP contribution >= 0.6 is 23.1 Å². The summed E-state index contributed by atoms with van der Waals surface area (Å²) in [5, 5.41) is 8.25. The Hall–Kier alpha value is -2.71. The van der Waals surface area contributed by atoms with Crippen molar-refractivity contribution in [1.29, 1.82) is 0 Å². The van der Waals surface area contributed by atoms with Gasteiger partial charge in [-0.25, -0.2) is 5.01 Å². The van der Waals surface area contributed by atoms with E-state index in [1.165, 1.54) is 11.8 Å². The number of thiophene rings is 1. The quantitative estimate of drug-likeness (QED) is 0.524. The van der Waals surface area contributed by atoms with E-state index in [1.54, 1.807) is 22.6 Å². The first-order valence-corrected chi connectivity index (χ1v) is 11.6. The van der Waals surface area contributed by atoms with Crippen LogP contribution in [0.5, 0.6) is 11.5 Å². The molecule has 8 heteroatoms. The molecule has 0 fully saturated rings. The van der Waals surface area contributed by atoms with Gasteiger partial charge >= 0.3 is 0 Å². The monoisotopic (exact) mass is 440 g/mol. The molecule has 1 atom stereocenters. The largest absolute Gasteiger partial charge is 0.490 e. The molecule has 1 unspecified atom stereocenters. The van der Waals surface area contributed by atoms with Crippen molar-refractivity contribution in [3.8, 4) is 11.5 Å². The predicted octanol–water partition coefficient (Wildman–Crippen LogP) is 4.97. The van der Waals surface area contributed by atoms with Crippen molar-refractivity contribution in [2.45, 2.75) is 23.8 Å². The van der Waals surface area contributed by atoms with E-state index in [9.17, 15) is 4.79 Å². The van der Waals surface area contributed by atoms with E-state index in [-0.39, 0.29) is 17.7 Å². The van der Waals surface area contributed by atoms with Crippen LogP contribution in [0.4, 0.5) is 0 Å². The minimum absolute atomic E-state index is 0.0555. The summed E-state index contributed by atoms with van der Waals surface area (Å²) in [6.07, 6.45) is 3.14. The zero-order chi connectivity index (χ0) is 20.3. The Morgan fingerprint density at radius 1 is 1.17 bits per heavy atom. The molecule has 0 spiro atoms. The molecule has 154 valence electrons. The second-order valence-electron chi connectivity index (χ2n) is 6.95. The zero-order valence-corrected chi connectivity index (χ0v) is 17.8. The van der Waals surface area contributed by atoms with E-state index in [0.717, 1.165) is 39.2 Å². The average molecular weight is 441 g/mol. The van der Waals surface area contributed by atoms with Crippen molar-refractivity contribution in [2.75, 3.05) is 19.0 Å². The zero-order valence-electron chi connectivity index (χ0n) is 16.2. The van der Waals surface area contributed by atoms with Gasteiger partial charge in [0, 0.05) is 17.7 Å². The minimum atomic E-state index is -0.214. The Kier molecular flexibility index (Phi) is 5.50. The number of nitrogens with zero attached hydrogens (tertiary/aromatic N) is 2. The van der Waals surface area contributed by atoms with Crippen LogP contribution in [0.15, 0.2) is 68.5 Å². The average Bonchev–Trinajstić information content (AvgIpc) is 3.50. The smallest absolute Gasteiger partial charge is 0.253 e. The van der Waals surface area contributed by atoms with Crippen molar-refractivity contribution in [2.24, 2.45) is 5.10 Å². The van der Waals surface area contributed by atoms with Crippen molar-refractivity contribution in [3.05, 3.63) is 64.7 Å². The minimum Gasteiger partial charge on any atom is -0.490 e. The molecule has 0 radical (unpaired) electrons. The van der Waals surface area contributed by atoms with E-state index in [1.807, 2.05) is 47.8 Å². The van der Waals surface area contributed by atoms with E-state index in [0.29, 0.717) is 19.6 Å². The van der Waals surface area contributed by atoms with E-state index in [2.05, 4.69) is 5.10 Å². The molecular weight excluding hydrogens is 420 g/mol. The molecule has 0 aliphatic carbocycles. The highest BCUT2D eigenvalue weighted by molar-refractivity contribution is 8.00. The van der Waals surface area contributed by atoms with Gasteiger partial charge in [0.15, 0.2) is 11.5 Å². The SMILES string of the molecule is O=C(CSc1ccc2c(c1)OCCCO2)N1N=C(c2cccs2)CC1c1ccco1. The second kappa shape index (κ2) is 8.57. The number of ether oxygens (including phenoxy) is 2. The number of carbonyl (C=O) groups excluding carboxylic acids is 1. The number of hydrogen-bond acceptors (Lipinski definition) is 7. The van der Waals surface area contributed by atoms with Crippen LogP contribution in [0.1, 0.15) is 29.5 Å². The number of carbonyl (C=O) groups is 1. The Balaban J connectivity index is 1.32. The first-order chi connectivity index (χ1) is 14.8. The maximum atomic E-state index is 13.1. The normalized spacial score (nSPS) is 18.2. The summed E-state index contributed by atoms with van der Waals surface area (Å²) < 4.78 is 17.0. The van der Waals surface area contributed by atoms with Crippen LogP contribution in [0.25, 0.3) is 0 Å². The summed E-state index contributed by atoms with van der Waals surface area (Å²) in [6, 6.07) is 13.4. The molecule has 1 amide bonds. The topological polar surface area (TPSA) is 64.3 Å². The van der Waals surface area contributed by atoms with Crippen LogP contribution in [0.2, 0.25) is 0 Å². The molecule has 0 bridgehead atoms. The number of rotatable bonds is 5. The molecule has 0 saturated heterocycles. The van der Waals surface area contributed by atoms with Crippen molar-refractivity contribution < 1.29 is 18.7 Å². The van der Waals surface area contributed by atoms with Crippen LogP contribution in [-0.2, 0) is 4.79 Å². The molecular formula is C22H20N2O4S2. The van der Waals surface area contributed by atoms with Gasteiger partial charge in [-0.15, -0.1) is 23.1 Å². The number of benzene rings is 1. The molecule has 0 saturated carbocycles. The van der Waals surface area contributed by atoms with Crippen LogP contribution < -0.4 is 9.47 Å². The molecule has 1 aromatic carbocycles. The number of hydrazone groups is 1. The van der Waals surface area contributed by atoms with Crippen LogP contribution in [0.3, 0.4) is 0 Å². The first kappa shape index (κ1) is 19.3. The van der Waals surface area contributed by atoms with Gasteiger partial charge in [-0.3, -0.25) is 4.79 Å². The number of hydrogen-bond donors (Lipinski definition) is 0. The van der Waals surface area contributed by atoms with Gasteiger partial charge in [-0.1, -0.05) is 6.07 Å². The third kappa shape index (κ3) is 3.97. The highest BCUT2D eigenvalue weighted by Gasteiger charge is 2.35. The van der Waals surface area contributed by atoms with Gasteiger partial charge in [-0.2, -0.15) is 5.10 Å². The number of fused-ring (bicyclic) bond motifs is 1. The lowest BCUT2D eigenvalue weighted by Crippen LogP contribution is -2.28.